The summed E-state index contributed by atoms with van der Waals surface area (Å²) in [5.74, 6) is 0.744. The van der Waals surface area contributed by atoms with E-state index in [0.29, 0.717) is 26.0 Å². The van der Waals surface area contributed by atoms with E-state index in [1.807, 2.05) is 48.5 Å². The molecular formula is C33H33N3O2. The van der Waals surface area contributed by atoms with Crippen LogP contribution in [0.5, 0.6) is 5.75 Å². The zero-order valence-corrected chi connectivity index (χ0v) is 21.7. The number of pyridine rings is 1. The Balaban J connectivity index is 1.35. The third kappa shape index (κ3) is 6.12. The number of fused-ring (bicyclic) bond motifs is 1. The van der Waals surface area contributed by atoms with Gasteiger partial charge in [0.05, 0.1) is 0 Å². The molecule has 1 amide bonds. The number of benzene rings is 3. The van der Waals surface area contributed by atoms with Crippen LogP contribution in [0.2, 0.25) is 0 Å². The Kier molecular flexibility index (Phi) is 8.14. The van der Waals surface area contributed by atoms with Gasteiger partial charge in [-0.2, -0.15) is 0 Å². The van der Waals surface area contributed by atoms with Gasteiger partial charge in [0.2, 0.25) is 5.91 Å². The van der Waals surface area contributed by atoms with E-state index in [1.54, 1.807) is 6.20 Å². The average Bonchev–Trinajstić information content (AvgIpc) is 3.40. The van der Waals surface area contributed by atoms with Gasteiger partial charge in [0.1, 0.15) is 12.4 Å². The summed E-state index contributed by atoms with van der Waals surface area (Å²) in [5.41, 5.74) is 6.74. The van der Waals surface area contributed by atoms with Gasteiger partial charge in [0.25, 0.3) is 0 Å². The molecule has 1 atom stereocenters. The molecule has 5 nitrogen and oxygen atoms in total. The van der Waals surface area contributed by atoms with Crippen LogP contribution in [-0.4, -0.2) is 22.4 Å². The van der Waals surface area contributed by atoms with Gasteiger partial charge in [0, 0.05) is 54.3 Å². The van der Waals surface area contributed by atoms with Crippen molar-refractivity contribution < 1.29 is 9.53 Å². The standard InChI is InChI=1S/C33H33N3O2/c1-2-25-11-8-13-29-31(22-36-33(25)29)30(21-32(37)35-20-18-27-12-6-7-19-34-27)26-14-16-28(17-15-26)38-23-24-9-4-3-5-10-24/h3-17,19,22,30,36H,2,18,20-21,23H2,1H3,(H,35,37). The van der Waals surface area contributed by atoms with Crippen molar-refractivity contribution in [3.8, 4) is 5.75 Å². The lowest BCUT2D eigenvalue weighted by atomic mass is 9.87. The summed E-state index contributed by atoms with van der Waals surface area (Å²) in [6.45, 7) is 3.24. The fraction of sp³-hybridized carbons (Fsp3) is 0.212. The second kappa shape index (κ2) is 12.2. The number of ether oxygens (including phenoxy) is 1. The minimum Gasteiger partial charge on any atom is -0.489 e. The van der Waals surface area contributed by atoms with Crippen LogP contribution >= 0.6 is 0 Å². The van der Waals surface area contributed by atoms with Gasteiger partial charge in [-0.05, 0) is 52.9 Å². The Bertz CT molecular complexity index is 1460. The van der Waals surface area contributed by atoms with Crippen LogP contribution in [0.3, 0.4) is 0 Å². The summed E-state index contributed by atoms with van der Waals surface area (Å²) in [4.78, 5) is 21.0. The lowest BCUT2D eigenvalue weighted by Crippen LogP contribution is -2.27. The zero-order chi connectivity index (χ0) is 26.2. The van der Waals surface area contributed by atoms with Crippen molar-refractivity contribution in [1.82, 2.24) is 15.3 Å². The number of hydrogen-bond donors (Lipinski definition) is 2. The molecule has 0 aliphatic rings. The van der Waals surface area contributed by atoms with Crippen LogP contribution in [0.4, 0.5) is 0 Å². The highest BCUT2D eigenvalue weighted by Crippen LogP contribution is 2.35. The van der Waals surface area contributed by atoms with Crippen LogP contribution in [0, 0.1) is 0 Å². The maximum atomic E-state index is 13.1. The van der Waals surface area contributed by atoms with Crippen LogP contribution in [-0.2, 0) is 24.2 Å². The molecule has 2 aromatic heterocycles. The number of hydrogen-bond acceptors (Lipinski definition) is 3. The lowest BCUT2D eigenvalue weighted by Gasteiger charge is -2.18. The first-order chi connectivity index (χ1) is 18.7. The molecule has 5 rings (SSSR count). The van der Waals surface area contributed by atoms with E-state index in [2.05, 4.69) is 70.9 Å². The molecule has 0 aliphatic heterocycles. The Morgan fingerprint density at radius 1 is 0.947 bits per heavy atom. The van der Waals surface area contributed by atoms with Gasteiger partial charge >= 0.3 is 0 Å². The van der Waals surface area contributed by atoms with Crippen molar-refractivity contribution in [2.75, 3.05) is 6.54 Å². The van der Waals surface area contributed by atoms with Gasteiger partial charge < -0.3 is 15.0 Å². The predicted molar refractivity (Wildman–Crippen MR) is 152 cm³/mol. The summed E-state index contributed by atoms with van der Waals surface area (Å²) >= 11 is 0. The molecule has 0 fully saturated rings. The summed E-state index contributed by atoms with van der Waals surface area (Å²) in [7, 11) is 0. The van der Waals surface area contributed by atoms with E-state index in [4.69, 9.17) is 4.74 Å². The minimum atomic E-state index is -0.0890. The number of rotatable bonds is 11. The normalized spacial score (nSPS) is 11.8. The Hall–Kier alpha value is -4.38. The highest BCUT2D eigenvalue weighted by atomic mass is 16.5. The summed E-state index contributed by atoms with van der Waals surface area (Å²) < 4.78 is 6.00. The van der Waals surface area contributed by atoms with Crippen LogP contribution in [0.1, 0.15) is 47.2 Å². The average molecular weight is 504 g/mol. The molecular weight excluding hydrogens is 470 g/mol. The van der Waals surface area contributed by atoms with E-state index in [-0.39, 0.29) is 11.8 Å². The number of carbonyl (C=O) groups is 1. The fourth-order valence-corrected chi connectivity index (χ4v) is 4.90. The van der Waals surface area contributed by atoms with Crippen molar-refractivity contribution >= 4 is 16.8 Å². The molecule has 0 spiro atoms. The minimum absolute atomic E-state index is 0.0244. The molecule has 0 bridgehead atoms. The molecule has 0 radical (unpaired) electrons. The van der Waals surface area contributed by atoms with Crippen molar-refractivity contribution in [1.29, 1.82) is 0 Å². The predicted octanol–water partition coefficient (Wildman–Crippen LogP) is 6.59. The maximum absolute atomic E-state index is 13.1. The van der Waals surface area contributed by atoms with E-state index in [0.717, 1.165) is 40.1 Å². The number of carbonyl (C=O) groups excluding carboxylic acids is 1. The Morgan fingerprint density at radius 3 is 2.53 bits per heavy atom. The van der Waals surface area contributed by atoms with Gasteiger partial charge in [-0.1, -0.05) is 73.7 Å². The summed E-state index contributed by atoms with van der Waals surface area (Å²) in [5, 5.41) is 4.27. The molecule has 0 aliphatic carbocycles. The van der Waals surface area contributed by atoms with Crippen LogP contribution < -0.4 is 10.1 Å². The Labute approximate surface area is 223 Å². The number of para-hydroxylation sites is 1. The van der Waals surface area contributed by atoms with E-state index in [9.17, 15) is 4.79 Å². The number of nitrogens with zero attached hydrogens (tertiary/aromatic N) is 1. The zero-order valence-electron chi connectivity index (χ0n) is 21.7. The number of aryl methyl sites for hydroxylation is 1. The summed E-state index contributed by atoms with van der Waals surface area (Å²) in [6, 6.07) is 30.5. The number of nitrogens with one attached hydrogen (secondary N) is 2. The van der Waals surface area contributed by atoms with Gasteiger partial charge in [-0.15, -0.1) is 0 Å². The Morgan fingerprint density at radius 2 is 1.76 bits per heavy atom. The SMILES string of the molecule is CCc1cccc2c(C(CC(=O)NCCc3ccccn3)c3ccc(OCc4ccccc4)cc3)c[nH]c12. The lowest BCUT2D eigenvalue weighted by molar-refractivity contribution is -0.121. The van der Waals surface area contributed by atoms with Crippen LogP contribution in [0.15, 0.2) is 103 Å². The van der Waals surface area contributed by atoms with Crippen molar-refractivity contribution in [2.24, 2.45) is 0 Å². The van der Waals surface area contributed by atoms with Crippen molar-refractivity contribution in [3.63, 3.8) is 0 Å². The van der Waals surface area contributed by atoms with Gasteiger partial charge in [-0.3, -0.25) is 9.78 Å². The molecule has 5 heteroatoms. The molecule has 2 heterocycles. The van der Waals surface area contributed by atoms with Gasteiger partial charge in [0.15, 0.2) is 0 Å². The third-order valence-corrected chi connectivity index (χ3v) is 6.94. The third-order valence-electron chi connectivity index (χ3n) is 6.94. The molecule has 2 N–H and O–H groups in total. The largest absolute Gasteiger partial charge is 0.489 e. The topological polar surface area (TPSA) is 67.0 Å². The first-order valence-electron chi connectivity index (χ1n) is 13.2. The highest BCUT2D eigenvalue weighted by molar-refractivity contribution is 5.88. The molecule has 0 saturated carbocycles. The number of aromatic amines is 1. The number of aromatic nitrogens is 2. The monoisotopic (exact) mass is 503 g/mol. The van der Waals surface area contributed by atoms with Crippen molar-refractivity contribution in [2.45, 2.75) is 38.7 Å². The first kappa shape index (κ1) is 25.3. The summed E-state index contributed by atoms with van der Waals surface area (Å²) in [6.07, 6.45) is 5.86. The second-order valence-electron chi connectivity index (χ2n) is 9.46. The first-order valence-corrected chi connectivity index (χ1v) is 13.2. The van der Waals surface area contributed by atoms with E-state index < -0.39 is 0 Å². The fourth-order valence-electron chi connectivity index (χ4n) is 4.90. The number of H-pyrrole nitrogens is 1. The molecule has 1 unspecified atom stereocenters. The highest BCUT2D eigenvalue weighted by Gasteiger charge is 2.22. The number of amides is 1. The smallest absolute Gasteiger partial charge is 0.220 e. The maximum Gasteiger partial charge on any atom is 0.220 e. The van der Waals surface area contributed by atoms with E-state index in [1.165, 1.54) is 10.9 Å². The molecule has 0 saturated heterocycles. The van der Waals surface area contributed by atoms with E-state index >= 15 is 0 Å². The molecule has 192 valence electrons. The van der Waals surface area contributed by atoms with Crippen molar-refractivity contribution in [3.05, 3.63) is 131 Å². The molecule has 38 heavy (non-hydrogen) atoms. The quantitative estimate of drug-likeness (QED) is 0.214. The van der Waals surface area contributed by atoms with Gasteiger partial charge in [-0.25, -0.2) is 0 Å². The second-order valence-corrected chi connectivity index (χ2v) is 9.46. The molecule has 5 aromatic rings. The molecule has 3 aromatic carbocycles. The van der Waals surface area contributed by atoms with Crippen LogP contribution in [0.25, 0.3) is 10.9 Å².